The lowest BCUT2D eigenvalue weighted by Crippen LogP contribution is -2.68. The lowest BCUT2D eigenvalue weighted by Gasteiger charge is -2.37. The van der Waals surface area contributed by atoms with Crippen molar-refractivity contribution in [2.24, 2.45) is 0 Å². The van der Waals surface area contributed by atoms with Crippen molar-refractivity contribution in [3.63, 3.8) is 0 Å². The molecule has 2 fully saturated rings. The molecule has 2 aliphatic heterocycles. The molecule has 2 aromatic rings. The Morgan fingerprint density at radius 3 is 2.32 bits per heavy atom. The van der Waals surface area contributed by atoms with Gasteiger partial charge in [0.15, 0.2) is 0 Å². The van der Waals surface area contributed by atoms with Crippen LogP contribution in [0.4, 0.5) is 9.59 Å². The van der Waals surface area contributed by atoms with E-state index in [0.717, 1.165) is 9.80 Å². The summed E-state index contributed by atoms with van der Waals surface area (Å²) in [6.45, 7) is 0.573. The summed E-state index contributed by atoms with van der Waals surface area (Å²) >= 11 is 1.43. The van der Waals surface area contributed by atoms with Gasteiger partial charge < -0.3 is 21.3 Å². The van der Waals surface area contributed by atoms with E-state index in [-0.39, 0.29) is 17.8 Å². The molecule has 3 atom stereocenters. The van der Waals surface area contributed by atoms with Gasteiger partial charge in [-0.1, -0.05) is 60.3 Å². The molecule has 31 heavy (non-hydrogen) atoms. The summed E-state index contributed by atoms with van der Waals surface area (Å²) < 4.78 is 0. The van der Waals surface area contributed by atoms with Crippen LogP contribution < -0.4 is 21.3 Å². The number of nitrogens with one attached hydrogen (secondary N) is 4. The number of rotatable bonds is 6. The number of nitrogens with zero attached hydrogens (tertiary/aromatic N) is 1. The molecular formula is C21H21N5O4S. The van der Waals surface area contributed by atoms with Crippen molar-refractivity contribution in [3.05, 3.63) is 66.2 Å². The Morgan fingerprint density at radius 2 is 1.71 bits per heavy atom. The van der Waals surface area contributed by atoms with Crippen LogP contribution in [0.1, 0.15) is 11.6 Å². The molecule has 6 amide bonds. The number of hydrogen-bond acceptors (Lipinski definition) is 5. The van der Waals surface area contributed by atoms with Gasteiger partial charge >= 0.3 is 12.1 Å². The van der Waals surface area contributed by atoms with Gasteiger partial charge in [0.2, 0.25) is 11.8 Å². The van der Waals surface area contributed by atoms with E-state index in [2.05, 4.69) is 21.3 Å². The minimum atomic E-state index is -1.06. The third kappa shape index (κ3) is 4.64. The minimum Gasteiger partial charge on any atom is -0.340 e. The van der Waals surface area contributed by atoms with E-state index >= 15 is 0 Å². The van der Waals surface area contributed by atoms with Crippen LogP contribution in [0.5, 0.6) is 0 Å². The summed E-state index contributed by atoms with van der Waals surface area (Å²) in [5, 5.41) is 10.4. The van der Waals surface area contributed by atoms with Crippen LogP contribution in [0.3, 0.4) is 0 Å². The summed E-state index contributed by atoms with van der Waals surface area (Å²) in [5.41, 5.74) is 0.542. The van der Waals surface area contributed by atoms with Gasteiger partial charge in [0, 0.05) is 18.0 Å². The molecule has 2 heterocycles. The molecule has 10 heteroatoms. The van der Waals surface area contributed by atoms with E-state index in [1.807, 2.05) is 30.3 Å². The van der Waals surface area contributed by atoms with Crippen LogP contribution in [-0.2, 0) is 9.59 Å². The number of thioether (sulfide) groups is 1. The summed E-state index contributed by atoms with van der Waals surface area (Å²) in [5.74, 6) is -0.823. The highest BCUT2D eigenvalue weighted by Gasteiger charge is 2.42. The SMILES string of the molecule is O=C(N[C@@H]1C(=O)N[C@H]1Sc1ccccc1)C(NC(=O)N1CCNC1=O)c1ccccc1. The molecule has 2 saturated heterocycles. The summed E-state index contributed by atoms with van der Waals surface area (Å²) in [4.78, 5) is 51.5. The Morgan fingerprint density at radius 1 is 1.03 bits per heavy atom. The predicted octanol–water partition coefficient (Wildman–Crippen LogP) is 1.20. The number of β-lactam (4-membered cyclic amide) rings is 1. The molecule has 0 bridgehead atoms. The van der Waals surface area contributed by atoms with E-state index in [1.54, 1.807) is 30.3 Å². The van der Waals surface area contributed by atoms with Crippen molar-refractivity contribution in [3.8, 4) is 0 Å². The lowest BCUT2D eigenvalue weighted by molar-refractivity contribution is -0.134. The maximum absolute atomic E-state index is 13.1. The van der Waals surface area contributed by atoms with Crippen molar-refractivity contribution >= 4 is 35.6 Å². The number of carbonyl (C=O) groups is 4. The molecule has 4 N–H and O–H groups in total. The van der Waals surface area contributed by atoms with Gasteiger partial charge in [-0.15, -0.1) is 0 Å². The van der Waals surface area contributed by atoms with E-state index in [9.17, 15) is 19.2 Å². The summed E-state index contributed by atoms with van der Waals surface area (Å²) in [7, 11) is 0. The quantitative estimate of drug-likeness (QED) is 0.504. The molecule has 0 aromatic heterocycles. The first-order chi connectivity index (χ1) is 15.0. The zero-order valence-corrected chi connectivity index (χ0v) is 17.2. The molecule has 0 spiro atoms. The average molecular weight is 439 g/mol. The fraction of sp³-hybridized carbons (Fsp3) is 0.238. The summed E-state index contributed by atoms with van der Waals surface area (Å²) in [6.07, 6.45) is 0. The van der Waals surface area contributed by atoms with Crippen molar-refractivity contribution in [1.29, 1.82) is 0 Å². The molecule has 9 nitrogen and oxygen atoms in total. The topological polar surface area (TPSA) is 120 Å². The summed E-state index contributed by atoms with van der Waals surface area (Å²) in [6, 6.07) is 15.2. The molecule has 160 valence electrons. The van der Waals surface area contributed by atoms with Crippen LogP contribution in [0.25, 0.3) is 0 Å². The highest BCUT2D eigenvalue weighted by atomic mass is 32.2. The van der Waals surface area contributed by atoms with Crippen LogP contribution in [0, 0.1) is 0 Å². The van der Waals surface area contributed by atoms with Crippen LogP contribution in [0.2, 0.25) is 0 Å². The van der Waals surface area contributed by atoms with Crippen LogP contribution >= 0.6 is 11.8 Å². The molecule has 0 saturated carbocycles. The highest BCUT2D eigenvalue weighted by molar-refractivity contribution is 8.00. The van der Waals surface area contributed by atoms with Crippen molar-refractivity contribution in [2.45, 2.75) is 22.4 Å². The first-order valence-corrected chi connectivity index (χ1v) is 10.6. The second-order valence-corrected chi connectivity index (χ2v) is 8.24. The van der Waals surface area contributed by atoms with Crippen molar-refractivity contribution in [1.82, 2.24) is 26.2 Å². The molecule has 0 radical (unpaired) electrons. The number of imide groups is 1. The third-order valence-corrected chi connectivity index (χ3v) is 6.13. The smallest absolute Gasteiger partial charge is 0.326 e. The number of hydrogen-bond donors (Lipinski definition) is 4. The average Bonchev–Trinajstić information content (AvgIpc) is 3.22. The lowest BCUT2D eigenvalue weighted by atomic mass is 10.0. The highest BCUT2D eigenvalue weighted by Crippen LogP contribution is 2.28. The van der Waals surface area contributed by atoms with E-state index < -0.39 is 30.1 Å². The molecule has 0 aliphatic carbocycles. The van der Waals surface area contributed by atoms with Gasteiger partial charge in [-0.25, -0.2) is 14.5 Å². The number of amides is 6. The zero-order chi connectivity index (χ0) is 21.8. The molecule has 2 aromatic carbocycles. The number of urea groups is 2. The monoisotopic (exact) mass is 439 g/mol. The number of benzene rings is 2. The van der Waals surface area contributed by atoms with Crippen LogP contribution in [-0.4, -0.2) is 53.3 Å². The zero-order valence-electron chi connectivity index (χ0n) is 16.4. The Bertz CT molecular complexity index is 988. The van der Waals surface area contributed by atoms with E-state index in [0.29, 0.717) is 12.1 Å². The fourth-order valence-electron chi connectivity index (χ4n) is 3.29. The standard InChI is InChI=1S/C21H21N5O4S/c27-17(23-16-18(28)25-19(16)31-14-9-5-2-6-10-14)15(13-7-3-1-4-8-13)24-21(30)26-12-11-22-20(26)29/h1-10,15-16,19H,11-12H2,(H,22,29)(H,23,27)(H,24,30)(H,25,28)/t15?,16-,19+/m1/s1. The van der Waals surface area contributed by atoms with Crippen molar-refractivity contribution < 1.29 is 19.2 Å². The number of carbonyl (C=O) groups excluding carboxylic acids is 4. The van der Waals surface area contributed by atoms with E-state index in [4.69, 9.17) is 0 Å². The predicted molar refractivity (Wildman–Crippen MR) is 114 cm³/mol. The van der Waals surface area contributed by atoms with Gasteiger partial charge in [-0.2, -0.15) is 0 Å². The maximum Gasteiger partial charge on any atom is 0.326 e. The van der Waals surface area contributed by atoms with Gasteiger partial charge in [0.05, 0.1) is 0 Å². The maximum atomic E-state index is 13.1. The van der Waals surface area contributed by atoms with Gasteiger partial charge in [-0.3, -0.25) is 9.59 Å². The largest absolute Gasteiger partial charge is 0.340 e. The second-order valence-electron chi connectivity index (χ2n) is 7.02. The second kappa shape index (κ2) is 9.09. The van der Waals surface area contributed by atoms with Gasteiger partial charge in [0.25, 0.3) is 0 Å². The molecule has 1 unspecified atom stereocenters. The Hall–Kier alpha value is -3.53. The first kappa shape index (κ1) is 20.7. The van der Waals surface area contributed by atoms with Gasteiger partial charge in [-0.05, 0) is 17.7 Å². The Labute approximate surface area is 182 Å². The third-order valence-electron chi connectivity index (χ3n) is 4.94. The van der Waals surface area contributed by atoms with Gasteiger partial charge in [0.1, 0.15) is 17.5 Å². The molecular weight excluding hydrogens is 418 g/mol. The fourth-order valence-corrected chi connectivity index (χ4v) is 4.40. The van der Waals surface area contributed by atoms with Crippen molar-refractivity contribution in [2.75, 3.05) is 13.1 Å². The van der Waals surface area contributed by atoms with E-state index in [1.165, 1.54) is 11.8 Å². The first-order valence-electron chi connectivity index (χ1n) is 9.76. The van der Waals surface area contributed by atoms with Crippen LogP contribution in [0.15, 0.2) is 65.6 Å². The minimum absolute atomic E-state index is 0.217. The molecule has 4 rings (SSSR count). The Kier molecular flexibility index (Phi) is 6.08. The molecule has 2 aliphatic rings. The normalized spacial score (nSPS) is 20.8. The Balaban J connectivity index is 1.47.